The van der Waals surface area contributed by atoms with Crippen LogP contribution < -0.4 is 5.32 Å². The van der Waals surface area contributed by atoms with Crippen LogP contribution in [0.25, 0.3) is 0 Å². The lowest BCUT2D eigenvalue weighted by Crippen LogP contribution is -2.47. The second-order valence-electron chi connectivity index (χ2n) is 8.67. The molecule has 0 aliphatic rings. The molecule has 174 valence electrons. The monoisotopic (exact) mass is 463 g/mol. The third kappa shape index (κ3) is 6.68. The minimum absolute atomic E-state index is 0.0195. The molecule has 3 rings (SSSR count). The van der Waals surface area contributed by atoms with E-state index in [1.54, 1.807) is 16.2 Å². The molecule has 0 atom stereocenters. The Hall–Kier alpha value is -3.12. The van der Waals surface area contributed by atoms with Gasteiger partial charge in [0.05, 0.1) is 6.54 Å². The third-order valence-electron chi connectivity index (χ3n) is 5.61. The molecule has 1 aromatic heterocycles. The van der Waals surface area contributed by atoms with Crippen molar-refractivity contribution in [1.29, 1.82) is 0 Å². The van der Waals surface area contributed by atoms with E-state index in [1.807, 2.05) is 81.1 Å². The van der Waals surface area contributed by atoms with Crippen LogP contribution in [0.2, 0.25) is 0 Å². The van der Waals surface area contributed by atoms with Crippen LogP contribution >= 0.6 is 11.3 Å². The highest BCUT2D eigenvalue weighted by molar-refractivity contribution is 7.11. The molecule has 0 spiro atoms. The van der Waals surface area contributed by atoms with E-state index in [0.29, 0.717) is 13.1 Å². The topological polar surface area (TPSA) is 52.7 Å². The molecule has 0 unspecified atom stereocenters. The van der Waals surface area contributed by atoms with Gasteiger partial charge in [0, 0.05) is 28.0 Å². The standard InChI is InChI=1S/C27H33N3O2S/c1-19(2)30(27(32)28-26-20(3)10-9-11-21(26)4)18-25(31)29(16-23-12-7-6-8-13-23)17-24-15-14-22(5)33-24/h6-15,19H,16-18H2,1-5H3,(H,28,32). The summed E-state index contributed by atoms with van der Waals surface area (Å²) in [5.74, 6) is -0.0738. The molecule has 0 saturated heterocycles. The van der Waals surface area contributed by atoms with Crippen molar-refractivity contribution in [2.24, 2.45) is 0 Å². The molecular formula is C27H33N3O2S. The van der Waals surface area contributed by atoms with Crippen LogP contribution in [0.4, 0.5) is 10.5 Å². The molecule has 1 heterocycles. The Morgan fingerprint density at radius 2 is 1.55 bits per heavy atom. The summed E-state index contributed by atoms with van der Waals surface area (Å²) in [5, 5.41) is 3.03. The minimum atomic E-state index is -0.262. The van der Waals surface area contributed by atoms with Crippen molar-refractivity contribution >= 4 is 29.0 Å². The first-order valence-electron chi connectivity index (χ1n) is 11.3. The van der Waals surface area contributed by atoms with Gasteiger partial charge in [-0.05, 0) is 63.4 Å². The number of nitrogens with one attached hydrogen (secondary N) is 1. The van der Waals surface area contributed by atoms with Gasteiger partial charge < -0.3 is 15.1 Å². The zero-order valence-corrected chi connectivity index (χ0v) is 20.9. The lowest BCUT2D eigenvalue weighted by molar-refractivity contribution is -0.133. The number of hydrogen-bond donors (Lipinski definition) is 1. The molecule has 2 aromatic carbocycles. The Labute approximate surface area is 201 Å². The molecule has 1 N–H and O–H groups in total. The number of carbonyl (C=O) groups excluding carboxylic acids is 2. The highest BCUT2D eigenvalue weighted by Crippen LogP contribution is 2.21. The molecule has 3 aromatic rings. The molecule has 0 aliphatic heterocycles. The number of nitrogens with zero attached hydrogens (tertiary/aromatic N) is 2. The quantitative estimate of drug-likeness (QED) is 0.436. The Balaban J connectivity index is 1.78. The summed E-state index contributed by atoms with van der Waals surface area (Å²) in [4.78, 5) is 32.4. The van der Waals surface area contributed by atoms with Crippen molar-refractivity contribution < 1.29 is 9.59 Å². The highest BCUT2D eigenvalue weighted by Gasteiger charge is 2.25. The normalized spacial score (nSPS) is 10.8. The number of para-hydroxylation sites is 1. The molecule has 3 amide bonds. The minimum Gasteiger partial charge on any atom is -0.332 e. The highest BCUT2D eigenvalue weighted by atomic mass is 32.1. The number of thiophene rings is 1. The van der Waals surface area contributed by atoms with Gasteiger partial charge in [0.2, 0.25) is 5.91 Å². The summed E-state index contributed by atoms with van der Waals surface area (Å²) >= 11 is 1.69. The van der Waals surface area contributed by atoms with Crippen LogP contribution in [0, 0.1) is 20.8 Å². The number of rotatable bonds is 8. The summed E-state index contributed by atoms with van der Waals surface area (Å²) in [6.07, 6.45) is 0. The van der Waals surface area contributed by atoms with Crippen LogP contribution in [0.1, 0.15) is 40.3 Å². The first-order valence-corrected chi connectivity index (χ1v) is 12.1. The van der Waals surface area contributed by atoms with Gasteiger partial charge in [0.15, 0.2) is 0 Å². The van der Waals surface area contributed by atoms with Crippen molar-refractivity contribution in [3.8, 4) is 0 Å². The summed E-state index contributed by atoms with van der Waals surface area (Å²) in [6, 6.07) is 19.6. The van der Waals surface area contributed by atoms with Crippen LogP contribution in [0.5, 0.6) is 0 Å². The molecule has 0 saturated carbocycles. The van der Waals surface area contributed by atoms with Crippen molar-refractivity contribution in [2.75, 3.05) is 11.9 Å². The summed E-state index contributed by atoms with van der Waals surface area (Å²) in [5.41, 5.74) is 3.86. The first kappa shape index (κ1) is 24.5. The number of urea groups is 1. The fourth-order valence-electron chi connectivity index (χ4n) is 3.72. The Kier molecular flexibility index (Phi) is 8.28. The Morgan fingerprint density at radius 1 is 0.879 bits per heavy atom. The fraction of sp³-hybridized carbons (Fsp3) is 0.333. The van der Waals surface area contributed by atoms with Gasteiger partial charge in [-0.25, -0.2) is 4.79 Å². The summed E-state index contributed by atoms with van der Waals surface area (Å²) in [6.45, 7) is 10.9. The molecule has 0 aliphatic carbocycles. The lowest BCUT2D eigenvalue weighted by atomic mass is 10.1. The second-order valence-corrected chi connectivity index (χ2v) is 10.0. The van der Waals surface area contributed by atoms with E-state index in [-0.39, 0.29) is 24.5 Å². The van der Waals surface area contributed by atoms with Crippen molar-refractivity contribution in [2.45, 2.75) is 53.8 Å². The molecule has 0 radical (unpaired) electrons. The zero-order chi connectivity index (χ0) is 24.0. The first-order chi connectivity index (χ1) is 15.7. The van der Waals surface area contributed by atoms with E-state index in [4.69, 9.17) is 0 Å². The number of aryl methyl sites for hydroxylation is 3. The van der Waals surface area contributed by atoms with Crippen molar-refractivity contribution in [3.05, 3.63) is 87.1 Å². The smallest absolute Gasteiger partial charge is 0.322 e. The number of amides is 3. The maximum atomic E-state index is 13.5. The molecule has 5 nitrogen and oxygen atoms in total. The molecular weight excluding hydrogens is 430 g/mol. The summed E-state index contributed by atoms with van der Waals surface area (Å²) in [7, 11) is 0. The van der Waals surface area contributed by atoms with Gasteiger partial charge in [-0.3, -0.25) is 4.79 Å². The maximum Gasteiger partial charge on any atom is 0.322 e. The van der Waals surface area contributed by atoms with E-state index in [0.717, 1.165) is 27.3 Å². The average molecular weight is 464 g/mol. The van der Waals surface area contributed by atoms with Gasteiger partial charge in [-0.15, -0.1) is 11.3 Å². The van der Waals surface area contributed by atoms with E-state index in [1.165, 1.54) is 4.88 Å². The van der Waals surface area contributed by atoms with Crippen molar-refractivity contribution in [3.63, 3.8) is 0 Å². The van der Waals surface area contributed by atoms with Gasteiger partial charge in [0.25, 0.3) is 0 Å². The predicted octanol–water partition coefficient (Wildman–Crippen LogP) is 6.14. The fourth-order valence-corrected chi connectivity index (χ4v) is 4.63. The van der Waals surface area contributed by atoms with E-state index >= 15 is 0 Å². The number of hydrogen-bond acceptors (Lipinski definition) is 3. The summed E-state index contributed by atoms with van der Waals surface area (Å²) < 4.78 is 0. The van der Waals surface area contributed by atoms with E-state index in [9.17, 15) is 9.59 Å². The molecule has 0 bridgehead atoms. The number of benzene rings is 2. The van der Waals surface area contributed by atoms with Gasteiger partial charge in [0.1, 0.15) is 6.54 Å². The maximum absolute atomic E-state index is 13.5. The largest absolute Gasteiger partial charge is 0.332 e. The third-order valence-corrected chi connectivity index (χ3v) is 6.60. The van der Waals surface area contributed by atoms with E-state index < -0.39 is 0 Å². The van der Waals surface area contributed by atoms with Gasteiger partial charge in [-0.2, -0.15) is 0 Å². The van der Waals surface area contributed by atoms with E-state index in [2.05, 4.69) is 24.4 Å². The SMILES string of the molecule is Cc1ccc(CN(Cc2ccccc2)C(=O)CN(C(=O)Nc2c(C)cccc2C)C(C)C)s1. The van der Waals surface area contributed by atoms with Gasteiger partial charge >= 0.3 is 6.03 Å². The van der Waals surface area contributed by atoms with Crippen LogP contribution in [-0.2, 0) is 17.9 Å². The molecule has 33 heavy (non-hydrogen) atoms. The van der Waals surface area contributed by atoms with Crippen LogP contribution in [-0.4, -0.2) is 34.3 Å². The predicted molar refractivity (Wildman–Crippen MR) is 137 cm³/mol. The van der Waals surface area contributed by atoms with Crippen molar-refractivity contribution in [1.82, 2.24) is 9.80 Å². The lowest BCUT2D eigenvalue weighted by Gasteiger charge is -2.30. The Morgan fingerprint density at radius 3 is 2.12 bits per heavy atom. The molecule has 0 fully saturated rings. The van der Waals surface area contributed by atoms with Crippen LogP contribution in [0.3, 0.4) is 0 Å². The average Bonchev–Trinajstić information content (AvgIpc) is 3.19. The Bertz CT molecular complexity index is 1070. The molecule has 6 heteroatoms. The van der Waals surface area contributed by atoms with Gasteiger partial charge in [-0.1, -0.05) is 48.5 Å². The number of anilines is 1. The second kappa shape index (κ2) is 11.1. The number of carbonyl (C=O) groups is 2. The van der Waals surface area contributed by atoms with Crippen LogP contribution in [0.15, 0.2) is 60.7 Å². The zero-order valence-electron chi connectivity index (χ0n) is 20.1.